The lowest BCUT2D eigenvalue weighted by Crippen LogP contribution is -2.19. The number of hydrogen-bond donors (Lipinski definition) is 1. The Morgan fingerprint density at radius 1 is 1.20 bits per heavy atom. The predicted molar refractivity (Wildman–Crippen MR) is 115 cm³/mol. The van der Waals surface area contributed by atoms with Gasteiger partial charge in [-0.25, -0.2) is 13.6 Å². The van der Waals surface area contributed by atoms with Crippen LogP contribution in [-0.2, 0) is 16.4 Å². The fourth-order valence-electron chi connectivity index (χ4n) is 3.41. The molecule has 0 radical (unpaired) electrons. The van der Waals surface area contributed by atoms with Gasteiger partial charge in [0.05, 0.1) is 20.0 Å². The molecule has 158 valence electrons. The van der Waals surface area contributed by atoms with E-state index >= 15 is 0 Å². The van der Waals surface area contributed by atoms with Crippen molar-refractivity contribution >= 4 is 37.3 Å². The van der Waals surface area contributed by atoms with Crippen LogP contribution in [-0.4, -0.2) is 20.8 Å². The highest BCUT2D eigenvalue weighted by molar-refractivity contribution is 9.11. The third kappa shape index (κ3) is 4.51. The number of fused-ring (bicyclic) bond motifs is 3. The first-order chi connectivity index (χ1) is 14.2. The third-order valence-corrected chi connectivity index (χ3v) is 7.08. The molecule has 0 spiro atoms. The average Bonchev–Trinajstić information content (AvgIpc) is 3.10. The molecule has 0 bridgehead atoms. The van der Waals surface area contributed by atoms with Gasteiger partial charge in [-0.15, -0.1) is 11.3 Å². The van der Waals surface area contributed by atoms with Gasteiger partial charge in [0.1, 0.15) is 11.5 Å². The maximum Gasteiger partial charge on any atom is 0.387 e. The van der Waals surface area contributed by atoms with Crippen LogP contribution < -0.4 is 14.6 Å². The highest BCUT2D eigenvalue weighted by Gasteiger charge is 2.31. The Kier molecular flexibility index (Phi) is 5.84. The largest absolute Gasteiger partial charge is 0.479 e. The Morgan fingerprint density at radius 2 is 2.00 bits per heavy atom. The average molecular weight is 516 g/mol. The van der Waals surface area contributed by atoms with E-state index in [0.717, 1.165) is 19.8 Å². The minimum Gasteiger partial charge on any atom is -0.479 e. The number of aryl methyl sites for hydroxylation is 1. The van der Waals surface area contributed by atoms with Gasteiger partial charge in [0.2, 0.25) is 10.0 Å². The van der Waals surface area contributed by atoms with E-state index in [-0.39, 0.29) is 17.9 Å². The van der Waals surface area contributed by atoms with Crippen LogP contribution in [0, 0.1) is 0 Å². The molecule has 2 aromatic carbocycles. The molecule has 2 N–H and O–H groups in total. The summed E-state index contributed by atoms with van der Waals surface area (Å²) in [5.74, 6) is 0.261. The highest BCUT2D eigenvalue weighted by Crippen LogP contribution is 2.50. The molecule has 1 atom stereocenters. The number of rotatable bonds is 6. The fraction of sp³-hybridized carbons (Fsp3) is 0.200. The maximum atomic E-state index is 13.0. The van der Waals surface area contributed by atoms with E-state index in [0.29, 0.717) is 16.9 Å². The van der Waals surface area contributed by atoms with Gasteiger partial charge in [0.25, 0.3) is 0 Å². The summed E-state index contributed by atoms with van der Waals surface area (Å²) >= 11 is 4.94. The maximum absolute atomic E-state index is 13.0. The second-order valence-electron chi connectivity index (χ2n) is 6.69. The molecule has 1 unspecified atom stereocenters. The summed E-state index contributed by atoms with van der Waals surface area (Å²) in [5, 5.41) is 5.13. The number of primary sulfonamides is 1. The van der Waals surface area contributed by atoms with Gasteiger partial charge in [-0.1, -0.05) is 24.3 Å². The molecule has 1 aliphatic rings. The Morgan fingerprint density at radius 3 is 2.67 bits per heavy atom. The summed E-state index contributed by atoms with van der Waals surface area (Å²) in [6, 6.07) is 14.0. The van der Waals surface area contributed by atoms with Crippen LogP contribution in [0.4, 0.5) is 8.78 Å². The molecular formula is C20H16BrF2NO4S2. The predicted octanol–water partition coefficient (Wildman–Crippen LogP) is 5.09. The van der Waals surface area contributed by atoms with Gasteiger partial charge in [0.15, 0.2) is 6.10 Å². The van der Waals surface area contributed by atoms with Crippen LogP contribution >= 0.6 is 27.3 Å². The first kappa shape index (κ1) is 21.2. The van der Waals surface area contributed by atoms with E-state index in [1.54, 1.807) is 24.3 Å². The van der Waals surface area contributed by atoms with Gasteiger partial charge >= 0.3 is 6.61 Å². The van der Waals surface area contributed by atoms with Gasteiger partial charge in [-0.05, 0) is 57.7 Å². The molecule has 0 saturated heterocycles. The number of hydrogen-bond acceptors (Lipinski definition) is 5. The molecule has 30 heavy (non-hydrogen) atoms. The van der Waals surface area contributed by atoms with Crippen LogP contribution in [0.15, 0.2) is 52.3 Å². The number of halogens is 3. The number of ether oxygens (including phenoxy) is 2. The zero-order valence-corrected chi connectivity index (χ0v) is 18.6. The van der Waals surface area contributed by atoms with Crippen LogP contribution in [0.3, 0.4) is 0 Å². The van der Waals surface area contributed by atoms with Crippen LogP contribution in [0.5, 0.6) is 11.5 Å². The molecule has 0 amide bonds. The minimum absolute atomic E-state index is 0.0202. The third-order valence-electron chi connectivity index (χ3n) is 4.64. The standard InChI is InChI=1S/C20H16BrF2NO4S2/c21-17-7-6-16(29-17)19-13-10-11(8-9-30(24,25)26)4-5-12(13)18-14(27-19)2-1-3-15(18)28-20(22)23/h1-7,10,19-20H,8-9H2,(H2,24,25,26). The monoisotopic (exact) mass is 515 g/mol. The molecule has 5 nitrogen and oxygen atoms in total. The van der Waals surface area contributed by atoms with E-state index in [4.69, 9.17) is 14.6 Å². The number of nitrogens with two attached hydrogens (primary N) is 1. The zero-order chi connectivity index (χ0) is 21.5. The minimum atomic E-state index is -3.61. The molecule has 0 fully saturated rings. The second-order valence-corrected chi connectivity index (χ2v) is 10.9. The summed E-state index contributed by atoms with van der Waals surface area (Å²) in [6.07, 6.45) is -0.241. The van der Waals surface area contributed by atoms with Gasteiger partial charge in [-0.2, -0.15) is 8.78 Å². The summed E-state index contributed by atoms with van der Waals surface area (Å²) in [5.41, 5.74) is 2.64. The van der Waals surface area contributed by atoms with Crippen molar-refractivity contribution in [1.82, 2.24) is 0 Å². The molecule has 10 heteroatoms. The van der Waals surface area contributed by atoms with Gasteiger partial charge in [0, 0.05) is 5.56 Å². The van der Waals surface area contributed by atoms with E-state index in [1.807, 2.05) is 18.2 Å². The Labute approximate surface area is 184 Å². The van der Waals surface area contributed by atoms with Crippen LogP contribution in [0.25, 0.3) is 11.1 Å². The van der Waals surface area contributed by atoms with Gasteiger partial charge < -0.3 is 9.47 Å². The van der Waals surface area contributed by atoms with E-state index in [9.17, 15) is 17.2 Å². The van der Waals surface area contributed by atoms with Crippen molar-refractivity contribution in [2.75, 3.05) is 5.75 Å². The summed E-state index contributed by atoms with van der Waals surface area (Å²) in [6.45, 7) is -2.97. The topological polar surface area (TPSA) is 78.6 Å². The van der Waals surface area contributed by atoms with Crippen molar-refractivity contribution in [1.29, 1.82) is 0 Å². The molecule has 0 aliphatic carbocycles. The molecule has 0 saturated carbocycles. The second kappa shape index (κ2) is 8.26. The number of sulfonamides is 1. The van der Waals surface area contributed by atoms with Crippen molar-refractivity contribution in [3.8, 4) is 22.6 Å². The lowest BCUT2D eigenvalue weighted by Gasteiger charge is -2.30. The van der Waals surface area contributed by atoms with Crippen molar-refractivity contribution in [3.05, 3.63) is 68.3 Å². The SMILES string of the molecule is NS(=O)(=O)CCc1ccc2c(c1)C(c1ccc(Br)s1)Oc1cccc(OC(F)F)c1-2. The first-order valence-electron chi connectivity index (χ1n) is 8.84. The normalized spacial score (nSPS) is 15.4. The zero-order valence-electron chi connectivity index (χ0n) is 15.3. The van der Waals surface area contributed by atoms with Crippen LogP contribution in [0.1, 0.15) is 22.1 Å². The van der Waals surface area contributed by atoms with Crippen LogP contribution in [0.2, 0.25) is 0 Å². The fourth-order valence-corrected chi connectivity index (χ4v) is 5.40. The smallest absolute Gasteiger partial charge is 0.387 e. The Hall–Kier alpha value is -2.01. The molecule has 3 aromatic rings. The molecule has 1 aromatic heterocycles. The number of benzene rings is 2. The number of thiophene rings is 1. The molecule has 4 rings (SSSR count). The van der Waals surface area contributed by atoms with Crippen molar-refractivity contribution in [2.45, 2.75) is 19.1 Å². The summed E-state index contributed by atoms with van der Waals surface area (Å²) < 4.78 is 60.5. The first-order valence-corrected chi connectivity index (χ1v) is 12.2. The number of alkyl halides is 2. The van der Waals surface area contributed by atoms with Gasteiger partial charge in [-0.3, -0.25) is 0 Å². The molecule has 1 aliphatic heterocycles. The Balaban J connectivity index is 1.84. The lowest BCUT2D eigenvalue weighted by atomic mass is 9.89. The molecular weight excluding hydrogens is 500 g/mol. The van der Waals surface area contributed by atoms with Crippen molar-refractivity contribution in [2.24, 2.45) is 5.14 Å². The van der Waals surface area contributed by atoms with E-state index < -0.39 is 22.7 Å². The van der Waals surface area contributed by atoms with Crippen molar-refractivity contribution < 1.29 is 26.7 Å². The quantitative estimate of drug-likeness (QED) is 0.495. The molecule has 2 heterocycles. The lowest BCUT2D eigenvalue weighted by molar-refractivity contribution is -0.0496. The van der Waals surface area contributed by atoms with E-state index in [2.05, 4.69) is 15.9 Å². The van der Waals surface area contributed by atoms with Crippen molar-refractivity contribution in [3.63, 3.8) is 0 Å². The summed E-state index contributed by atoms with van der Waals surface area (Å²) in [4.78, 5) is 0.914. The summed E-state index contributed by atoms with van der Waals surface area (Å²) in [7, 11) is -3.61. The highest BCUT2D eigenvalue weighted by atomic mass is 79.9. The van der Waals surface area contributed by atoms with E-state index in [1.165, 1.54) is 17.4 Å². The Bertz CT molecular complexity index is 1200.